The highest BCUT2D eigenvalue weighted by Crippen LogP contribution is 1.90. The molecule has 0 saturated carbocycles. The zero-order valence-electron chi connectivity index (χ0n) is 9.12. The van der Waals surface area contributed by atoms with E-state index < -0.39 is 6.09 Å². The van der Waals surface area contributed by atoms with E-state index in [0.29, 0.717) is 25.0 Å². The maximum Gasteiger partial charge on any atom is 0.404 e. The van der Waals surface area contributed by atoms with Gasteiger partial charge in [-0.15, -0.1) is 0 Å². The molecule has 1 amide bonds. The van der Waals surface area contributed by atoms with Crippen LogP contribution in [-0.2, 0) is 4.74 Å². The van der Waals surface area contributed by atoms with Gasteiger partial charge in [0.1, 0.15) is 6.61 Å². The lowest BCUT2D eigenvalue weighted by atomic mass is 10.2. The lowest BCUT2D eigenvalue weighted by Gasteiger charge is -2.09. The number of hydrogen-bond donors (Lipinski definition) is 4. The minimum absolute atomic E-state index is 0.178. The van der Waals surface area contributed by atoms with Gasteiger partial charge in [0.25, 0.3) is 0 Å². The van der Waals surface area contributed by atoms with Crippen LogP contribution >= 0.6 is 0 Å². The Kier molecular flexibility index (Phi) is 7.08. The molecule has 0 unspecified atom stereocenters. The SMILES string of the molecule is CC(C)CN=C(NN)NCCOC(N)=O. The van der Waals surface area contributed by atoms with Crippen molar-refractivity contribution in [1.82, 2.24) is 10.7 Å². The first-order valence-electron chi connectivity index (χ1n) is 4.73. The van der Waals surface area contributed by atoms with Crippen molar-refractivity contribution in [2.45, 2.75) is 13.8 Å². The number of nitrogens with two attached hydrogens (primary N) is 2. The fraction of sp³-hybridized carbons (Fsp3) is 0.750. The third-order valence-corrected chi connectivity index (χ3v) is 1.39. The summed E-state index contributed by atoms with van der Waals surface area (Å²) in [4.78, 5) is 14.4. The third-order valence-electron chi connectivity index (χ3n) is 1.39. The molecule has 7 nitrogen and oxygen atoms in total. The number of carbonyl (C=O) groups is 1. The summed E-state index contributed by atoms with van der Waals surface area (Å²) in [6, 6.07) is 0. The largest absolute Gasteiger partial charge is 0.448 e. The topological polar surface area (TPSA) is 115 Å². The lowest BCUT2D eigenvalue weighted by molar-refractivity contribution is 0.159. The second-order valence-corrected chi connectivity index (χ2v) is 3.32. The number of aliphatic imine (C=N–C) groups is 1. The normalized spacial score (nSPS) is 11.3. The van der Waals surface area contributed by atoms with Crippen LogP contribution < -0.4 is 22.3 Å². The molecule has 0 aliphatic heterocycles. The minimum atomic E-state index is -0.793. The van der Waals surface area contributed by atoms with E-state index in [1.807, 2.05) is 13.8 Å². The second kappa shape index (κ2) is 7.86. The summed E-state index contributed by atoms with van der Waals surface area (Å²) < 4.78 is 4.52. The van der Waals surface area contributed by atoms with Crippen molar-refractivity contribution in [2.24, 2.45) is 22.5 Å². The summed E-state index contributed by atoms with van der Waals surface area (Å²) in [5.74, 6) is 6.15. The molecule has 6 N–H and O–H groups in total. The Morgan fingerprint density at radius 3 is 2.67 bits per heavy atom. The molecule has 7 heteroatoms. The monoisotopic (exact) mass is 217 g/mol. The molecule has 15 heavy (non-hydrogen) atoms. The van der Waals surface area contributed by atoms with Crippen LogP contribution in [0.3, 0.4) is 0 Å². The van der Waals surface area contributed by atoms with Crippen molar-refractivity contribution in [3.63, 3.8) is 0 Å². The molecule has 0 rings (SSSR count). The van der Waals surface area contributed by atoms with E-state index >= 15 is 0 Å². The molecule has 88 valence electrons. The van der Waals surface area contributed by atoms with E-state index in [2.05, 4.69) is 20.5 Å². The van der Waals surface area contributed by atoms with Gasteiger partial charge in [0.2, 0.25) is 5.96 Å². The summed E-state index contributed by atoms with van der Waals surface area (Å²) in [5.41, 5.74) is 7.19. The van der Waals surface area contributed by atoms with Crippen molar-refractivity contribution < 1.29 is 9.53 Å². The zero-order valence-corrected chi connectivity index (χ0v) is 9.12. The molecule has 0 spiro atoms. The van der Waals surface area contributed by atoms with Crippen molar-refractivity contribution in [3.8, 4) is 0 Å². The smallest absolute Gasteiger partial charge is 0.404 e. The molecular weight excluding hydrogens is 198 g/mol. The Balaban J connectivity index is 3.70. The summed E-state index contributed by atoms with van der Waals surface area (Å²) in [5, 5.41) is 2.86. The number of carbonyl (C=O) groups excluding carboxylic acids is 1. The standard InChI is InChI=1S/C8H19N5O2/c1-6(2)5-12-8(13-10)11-3-4-15-7(9)14/h6H,3-5,10H2,1-2H3,(H2,9,14)(H2,11,12,13). The fourth-order valence-corrected chi connectivity index (χ4v) is 0.747. The summed E-state index contributed by atoms with van der Waals surface area (Å²) in [6.45, 7) is 5.35. The maximum absolute atomic E-state index is 10.2. The van der Waals surface area contributed by atoms with Crippen LogP contribution in [0, 0.1) is 5.92 Å². The van der Waals surface area contributed by atoms with Crippen LogP contribution in [0.2, 0.25) is 0 Å². The van der Waals surface area contributed by atoms with Gasteiger partial charge in [-0.1, -0.05) is 13.8 Å². The highest BCUT2D eigenvalue weighted by molar-refractivity contribution is 5.79. The quantitative estimate of drug-likeness (QED) is 0.157. The molecule has 0 aromatic rings. The summed E-state index contributed by atoms with van der Waals surface area (Å²) >= 11 is 0. The first kappa shape index (κ1) is 13.5. The Labute approximate surface area is 89.2 Å². The summed E-state index contributed by atoms with van der Waals surface area (Å²) in [6.07, 6.45) is -0.793. The molecule has 0 aromatic heterocycles. The van der Waals surface area contributed by atoms with Gasteiger partial charge in [-0.05, 0) is 5.92 Å². The highest BCUT2D eigenvalue weighted by atomic mass is 16.5. The summed E-state index contributed by atoms with van der Waals surface area (Å²) in [7, 11) is 0. The minimum Gasteiger partial charge on any atom is -0.448 e. The average molecular weight is 217 g/mol. The maximum atomic E-state index is 10.2. The van der Waals surface area contributed by atoms with Crippen LogP contribution in [0.15, 0.2) is 4.99 Å². The zero-order chi connectivity index (χ0) is 11.7. The Morgan fingerprint density at radius 2 is 2.20 bits per heavy atom. The van der Waals surface area contributed by atoms with Crippen molar-refractivity contribution in [3.05, 3.63) is 0 Å². The Hall–Kier alpha value is -1.50. The van der Waals surface area contributed by atoms with Gasteiger partial charge >= 0.3 is 6.09 Å². The van der Waals surface area contributed by atoms with Crippen molar-refractivity contribution in [2.75, 3.05) is 19.7 Å². The number of primary amides is 1. The third kappa shape index (κ3) is 8.82. The number of guanidine groups is 1. The number of hydrazine groups is 1. The van der Waals surface area contributed by atoms with E-state index in [4.69, 9.17) is 11.6 Å². The highest BCUT2D eigenvalue weighted by Gasteiger charge is 1.97. The predicted molar refractivity (Wildman–Crippen MR) is 58.0 cm³/mol. The Bertz CT molecular complexity index is 217. The number of amides is 1. The van der Waals surface area contributed by atoms with E-state index in [9.17, 15) is 4.79 Å². The predicted octanol–water partition coefficient (Wildman–Crippen LogP) is -0.853. The first-order chi connectivity index (χ1) is 7.06. The number of nitrogens with one attached hydrogen (secondary N) is 2. The van der Waals surface area contributed by atoms with E-state index in [-0.39, 0.29) is 6.61 Å². The van der Waals surface area contributed by atoms with E-state index in [0.717, 1.165) is 0 Å². The van der Waals surface area contributed by atoms with Crippen LogP contribution in [0.25, 0.3) is 0 Å². The molecule has 0 heterocycles. The number of nitrogens with zero attached hydrogens (tertiary/aromatic N) is 1. The molecule has 0 bridgehead atoms. The van der Waals surface area contributed by atoms with Crippen LogP contribution in [0.5, 0.6) is 0 Å². The van der Waals surface area contributed by atoms with Gasteiger partial charge in [-0.3, -0.25) is 10.4 Å². The van der Waals surface area contributed by atoms with Gasteiger partial charge in [-0.2, -0.15) is 0 Å². The second-order valence-electron chi connectivity index (χ2n) is 3.32. The number of ether oxygens (including phenoxy) is 1. The fourth-order valence-electron chi connectivity index (χ4n) is 0.747. The molecular formula is C8H19N5O2. The van der Waals surface area contributed by atoms with Gasteiger partial charge in [0.15, 0.2) is 0 Å². The molecule has 0 aliphatic rings. The molecule has 0 aliphatic carbocycles. The lowest BCUT2D eigenvalue weighted by Crippen LogP contribution is -2.43. The Morgan fingerprint density at radius 1 is 1.53 bits per heavy atom. The molecule has 0 saturated heterocycles. The first-order valence-corrected chi connectivity index (χ1v) is 4.73. The van der Waals surface area contributed by atoms with E-state index in [1.165, 1.54) is 0 Å². The van der Waals surface area contributed by atoms with E-state index in [1.54, 1.807) is 0 Å². The molecule has 0 radical (unpaired) electrons. The average Bonchev–Trinajstić information content (AvgIpc) is 2.16. The van der Waals surface area contributed by atoms with Gasteiger partial charge in [-0.25, -0.2) is 10.6 Å². The molecule has 0 aromatic carbocycles. The van der Waals surface area contributed by atoms with Gasteiger partial charge < -0.3 is 15.8 Å². The number of rotatable bonds is 5. The van der Waals surface area contributed by atoms with Crippen LogP contribution in [0.1, 0.15) is 13.8 Å². The van der Waals surface area contributed by atoms with Gasteiger partial charge in [0.05, 0.1) is 6.54 Å². The van der Waals surface area contributed by atoms with Crippen molar-refractivity contribution in [1.29, 1.82) is 0 Å². The molecule has 0 fully saturated rings. The van der Waals surface area contributed by atoms with Crippen molar-refractivity contribution >= 4 is 12.1 Å². The molecule has 0 atom stereocenters. The number of hydrogen-bond acceptors (Lipinski definition) is 4. The van der Waals surface area contributed by atoms with Crippen LogP contribution in [0.4, 0.5) is 4.79 Å². The van der Waals surface area contributed by atoms with Gasteiger partial charge in [0, 0.05) is 6.54 Å². The van der Waals surface area contributed by atoms with Crippen LogP contribution in [-0.4, -0.2) is 31.7 Å².